The molecule has 1 heterocycles. The van der Waals surface area contributed by atoms with Gasteiger partial charge in [-0.3, -0.25) is 4.79 Å². The van der Waals surface area contributed by atoms with Gasteiger partial charge in [0, 0.05) is 11.8 Å². The number of rotatable bonds is 2. The Kier molecular flexibility index (Phi) is 2.85. The molecule has 3 nitrogen and oxygen atoms in total. The van der Waals surface area contributed by atoms with Crippen LogP contribution >= 0.6 is 15.9 Å². The van der Waals surface area contributed by atoms with Gasteiger partial charge in [-0.15, -0.1) is 0 Å². The van der Waals surface area contributed by atoms with Gasteiger partial charge < -0.3 is 4.98 Å². The highest BCUT2D eigenvalue weighted by atomic mass is 79.9. The summed E-state index contributed by atoms with van der Waals surface area (Å²) in [6.07, 6.45) is 6.04. The molecule has 0 spiro atoms. The first-order chi connectivity index (χ1) is 8.16. The minimum atomic E-state index is -0.00370. The van der Waals surface area contributed by atoms with Crippen LogP contribution in [0.5, 0.6) is 0 Å². The Morgan fingerprint density at radius 1 is 1.35 bits per heavy atom. The number of hydrogen-bond acceptors (Lipinski definition) is 2. The van der Waals surface area contributed by atoms with E-state index in [0.29, 0.717) is 22.2 Å². The fourth-order valence-electron chi connectivity index (χ4n) is 2.84. The summed E-state index contributed by atoms with van der Waals surface area (Å²) >= 11 is 3.40. The molecule has 0 aromatic carbocycles. The summed E-state index contributed by atoms with van der Waals surface area (Å²) in [5.41, 5.74) is 0.997. The van der Waals surface area contributed by atoms with Gasteiger partial charge in [0.1, 0.15) is 10.3 Å². The van der Waals surface area contributed by atoms with E-state index in [2.05, 4.69) is 27.8 Å². The Morgan fingerprint density at radius 3 is 2.59 bits per heavy atom. The van der Waals surface area contributed by atoms with Crippen molar-refractivity contribution in [2.24, 2.45) is 5.92 Å². The Bertz CT molecular complexity index is 491. The predicted octanol–water partition coefficient (Wildman–Crippen LogP) is 3.31. The van der Waals surface area contributed by atoms with E-state index >= 15 is 0 Å². The maximum Gasteiger partial charge on any atom is 0.265 e. The first-order valence-electron chi connectivity index (χ1n) is 6.46. The van der Waals surface area contributed by atoms with Crippen molar-refractivity contribution in [2.45, 2.75) is 50.9 Å². The smallest absolute Gasteiger partial charge is 0.265 e. The molecule has 92 valence electrons. The number of halogens is 1. The molecule has 2 aliphatic carbocycles. The van der Waals surface area contributed by atoms with E-state index in [9.17, 15) is 4.79 Å². The highest BCUT2D eigenvalue weighted by molar-refractivity contribution is 9.10. The van der Waals surface area contributed by atoms with Crippen LogP contribution in [0.2, 0.25) is 0 Å². The zero-order valence-electron chi connectivity index (χ0n) is 10.0. The van der Waals surface area contributed by atoms with Gasteiger partial charge in [0.25, 0.3) is 5.56 Å². The second-order valence-electron chi connectivity index (χ2n) is 5.45. The van der Waals surface area contributed by atoms with Crippen LogP contribution < -0.4 is 5.56 Å². The molecule has 3 rings (SSSR count). The summed E-state index contributed by atoms with van der Waals surface area (Å²) in [6, 6.07) is 0. The van der Waals surface area contributed by atoms with Gasteiger partial charge in [-0.1, -0.05) is 19.8 Å². The monoisotopic (exact) mass is 296 g/mol. The van der Waals surface area contributed by atoms with Crippen LogP contribution in [-0.4, -0.2) is 9.97 Å². The largest absolute Gasteiger partial charge is 0.309 e. The lowest BCUT2D eigenvalue weighted by Crippen LogP contribution is -2.17. The maximum absolute atomic E-state index is 11.9. The third-order valence-electron chi connectivity index (χ3n) is 4.11. The van der Waals surface area contributed by atoms with Crippen LogP contribution in [0.25, 0.3) is 0 Å². The van der Waals surface area contributed by atoms with Crippen molar-refractivity contribution in [1.29, 1.82) is 0 Å². The summed E-state index contributed by atoms with van der Waals surface area (Å²) in [5, 5.41) is 0. The molecule has 2 fully saturated rings. The zero-order chi connectivity index (χ0) is 12.0. The van der Waals surface area contributed by atoms with Gasteiger partial charge in [-0.25, -0.2) is 4.98 Å². The van der Waals surface area contributed by atoms with E-state index in [0.717, 1.165) is 17.9 Å². The van der Waals surface area contributed by atoms with Gasteiger partial charge in [0.15, 0.2) is 0 Å². The minimum Gasteiger partial charge on any atom is -0.309 e. The lowest BCUT2D eigenvalue weighted by molar-refractivity contribution is 0.671. The van der Waals surface area contributed by atoms with Crippen molar-refractivity contribution in [2.75, 3.05) is 0 Å². The van der Waals surface area contributed by atoms with Crippen molar-refractivity contribution in [3.8, 4) is 0 Å². The fourth-order valence-corrected chi connectivity index (χ4v) is 3.35. The zero-order valence-corrected chi connectivity index (χ0v) is 11.6. The SMILES string of the molecule is CC1CC1c1nc(C2CCCC2)c(Br)c(=O)[nH]1. The molecule has 0 amide bonds. The molecule has 2 atom stereocenters. The number of H-pyrrole nitrogens is 1. The number of nitrogens with one attached hydrogen (secondary N) is 1. The van der Waals surface area contributed by atoms with Crippen molar-refractivity contribution in [1.82, 2.24) is 9.97 Å². The second kappa shape index (κ2) is 4.23. The molecule has 1 N–H and O–H groups in total. The van der Waals surface area contributed by atoms with Gasteiger partial charge in [0.2, 0.25) is 0 Å². The maximum atomic E-state index is 11.9. The third kappa shape index (κ3) is 2.07. The molecular formula is C13H17BrN2O. The van der Waals surface area contributed by atoms with E-state index < -0.39 is 0 Å². The van der Waals surface area contributed by atoms with Gasteiger partial charge in [-0.2, -0.15) is 0 Å². The Morgan fingerprint density at radius 2 is 2.00 bits per heavy atom. The average molecular weight is 297 g/mol. The molecule has 2 unspecified atom stereocenters. The summed E-state index contributed by atoms with van der Waals surface area (Å²) in [7, 11) is 0. The van der Waals surface area contributed by atoms with Crippen molar-refractivity contribution in [3.05, 3.63) is 26.3 Å². The highest BCUT2D eigenvalue weighted by Crippen LogP contribution is 2.46. The predicted molar refractivity (Wildman–Crippen MR) is 70.3 cm³/mol. The summed E-state index contributed by atoms with van der Waals surface area (Å²) in [6.45, 7) is 2.21. The first-order valence-corrected chi connectivity index (χ1v) is 7.25. The Hall–Kier alpha value is -0.640. The van der Waals surface area contributed by atoms with E-state index in [1.54, 1.807) is 0 Å². The van der Waals surface area contributed by atoms with Gasteiger partial charge in [0.05, 0.1) is 5.69 Å². The molecule has 0 saturated heterocycles. The van der Waals surface area contributed by atoms with Crippen LogP contribution in [0.4, 0.5) is 0 Å². The molecule has 1 aromatic rings. The van der Waals surface area contributed by atoms with Crippen LogP contribution in [0.15, 0.2) is 9.27 Å². The molecule has 1 aromatic heterocycles. The van der Waals surface area contributed by atoms with Crippen LogP contribution in [0.1, 0.15) is 62.4 Å². The lowest BCUT2D eigenvalue weighted by atomic mass is 10.0. The number of aromatic nitrogens is 2. The van der Waals surface area contributed by atoms with E-state index in [1.165, 1.54) is 25.7 Å². The minimum absolute atomic E-state index is 0.00370. The number of aromatic amines is 1. The Labute approximate surface area is 109 Å². The van der Waals surface area contributed by atoms with Crippen LogP contribution in [0.3, 0.4) is 0 Å². The van der Waals surface area contributed by atoms with Crippen molar-refractivity contribution < 1.29 is 0 Å². The molecule has 0 radical (unpaired) electrons. The van der Waals surface area contributed by atoms with E-state index in [1.807, 2.05) is 0 Å². The molecule has 0 bridgehead atoms. The third-order valence-corrected chi connectivity index (χ3v) is 4.88. The molecule has 17 heavy (non-hydrogen) atoms. The van der Waals surface area contributed by atoms with E-state index in [-0.39, 0.29) is 5.56 Å². The van der Waals surface area contributed by atoms with Crippen molar-refractivity contribution >= 4 is 15.9 Å². The van der Waals surface area contributed by atoms with Gasteiger partial charge in [-0.05, 0) is 41.1 Å². The summed E-state index contributed by atoms with van der Waals surface area (Å²) < 4.78 is 0.654. The normalized spacial score (nSPS) is 28.6. The molecular weight excluding hydrogens is 280 g/mol. The van der Waals surface area contributed by atoms with E-state index in [4.69, 9.17) is 4.98 Å². The number of nitrogens with zero attached hydrogens (tertiary/aromatic N) is 1. The number of hydrogen-bond donors (Lipinski definition) is 1. The summed E-state index contributed by atoms with van der Waals surface area (Å²) in [4.78, 5) is 19.6. The molecule has 2 aliphatic rings. The second-order valence-corrected chi connectivity index (χ2v) is 6.24. The van der Waals surface area contributed by atoms with Gasteiger partial charge >= 0.3 is 0 Å². The van der Waals surface area contributed by atoms with Crippen LogP contribution in [0, 0.1) is 5.92 Å². The lowest BCUT2D eigenvalue weighted by Gasteiger charge is -2.11. The topological polar surface area (TPSA) is 45.8 Å². The molecule has 0 aliphatic heterocycles. The standard InChI is InChI=1S/C13H17BrN2O/c1-7-6-9(7)12-15-11(8-4-2-3-5-8)10(14)13(17)16-12/h7-9H,2-6H2,1H3,(H,15,16,17). The highest BCUT2D eigenvalue weighted by Gasteiger charge is 2.37. The van der Waals surface area contributed by atoms with Crippen LogP contribution in [-0.2, 0) is 0 Å². The molecule has 2 saturated carbocycles. The first kappa shape index (κ1) is 11.5. The fraction of sp³-hybridized carbons (Fsp3) is 0.692. The molecule has 4 heteroatoms. The quantitative estimate of drug-likeness (QED) is 0.910. The Balaban J connectivity index is 2.00. The average Bonchev–Trinajstić information content (AvgIpc) is 2.81. The summed E-state index contributed by atoms with van der Waals surface area (Å²) in [5.74, 6) is 2.55. The van der Waals surface area contributed by atoms with Crippen molar-refractivity contribution in [3.63, 3.8) is 0 Å².